The highest BCUT2D eigenvalue weighted by atomic mass is 32.1. The lowest BCUT2D eigenvalue weighted by molar-refractivity contribution is 1.18. The van der Waals surface area contributed by atoms with Crippen LogP contribution in [0.1, 0.15) is 0 Å². The van der Waals surface area contributed by atoms with E-state index in [-0.39, 0.29) is 0 Å². The van der Waals surface area contributed by atoms with E-state index < -0.39 is 0 Å². The lowest BCUT2D eigenvalue weighted by Gasteiger charge is -2.00. The van der Waals surface area contributed by atoms with Crippen LogP contribution in [0.2, 0.25) is 0 Å². The average molecular weight is 267 g/mol. The predicted molar refractivity (Wildman–Crippen MR) is 76.0 cm³/mol. The van der Waals surface area contributed by atoms with Gasteiger partial charge in [-0.2, -0.15) is 4.37 Å². The third kappa shape index (κ3) is 1.43. The van der Waals surface area contributed by atoms with Crippen molar-refractivity contribution < 1.29 is 0 Å². The number of nitrogens with two attached hydrogens (primary N) is 1. The summed E-state index contributed by atoms with van der Waals surface area (Å²) >= 11 is 1.35. The first-order valence-corrected chi connectivity index (χ1v) is 6.55. The summed E-state index contributed by atoms with van der Waals surface area (Å²) in [5, 5.41) is 0. The van der Waals surface area contributed by atoms with Gasteiger partial charge in [0.2, 0.25) is 4.96 Å². The average Bonchev–Trinajstić information content (AvgIpc) is 2.98. The third-order valence-electron chi connectivity index (χ3n) is 3.00. The maximum Gasteiger partial charge on any atom is 0.214 e. The van der Waals surface area contributed by atoms with Crippen molar-refractivity contribution in [2.45, 2.75) is 0 Å². The smallest absolute Gasteiger partial charge is 0.214 e. The molecule has 5 nitrogen and oxygen atoms in total. The zero-order chi connectivity index (χ0) is 12.8. The second-order valence-electron chi connectivity index (χ2n) is 4.17. The van der Waals surface area contributed by atoms with Crippen molar-refractivity contribution in [3.63, 3.8) is 0 Å². The summed E-state index contributed by atoms with van der Waals surface area (Å²) in [5.41, 5.74) is 9.36. The van der Waals surface area contributed by atoms with E-state index in [4.69, 9.17) is 5.73 Å². The summed E-state index contributed by atoms with van der Waals surface area (Å²) in [7, 11) is 0. The van der Waals surface area contributed by atoms with Crippen molar-refractivity contribution in [3.05, 3.63) is 42.6 Å². The van der Waals surface area contributed by atoms with Gasteiger partial charge in [0, 0.05) is 17.7 Å². The number of para-hydroxylation sites is 1. The van der Waals surface area contributed by atoms with Crippen LogP contribution in [0, 0.1) is 0 Å². The van der Waals surface area contributed by atoms with Crippen LogP contribution in [0.3, 0.4) is 0 Å². The van der Waals surface area contributed by atoms with Crippen LogP contribution in [0.25, 0.3) is 27.5 Å². The number of anilines is 1. The predicted octanol–water partition coefficient (Wildman–Crippen LogP) is 2.59. The SMILES string of the molecule is Nc1cccc2nc3snc(-c4ccccn4)n3c12. The first-order valence-electron chi connectivity index (χ1n) is 5.78. The van der Waals surface area contributed by atoms with E-state index in [9.17, 15) is 0 Å². The van der Waals surface area contributed by atoms with Crippen molar-refractivity contribution in [3.8, 4) is 11.5 Å². The van der Waals surface area contributed by atoms with Crippen LogP contribution < -0.4 is 5.73 Å². The summed E-state index contributed by atoms with van der Waals surface area (Å²) in [6.07, 6.45) is 1.75. The van der Waals surface area contributed by atoms with Crippen LogP contribution in [0.4, 0.5) is 5.69 Å². The molecule has 0 bridgehead atoms. The lowest BCUT2D eigenvalue weighted by Crippen LogP contribution is -1.93. The first-order chi connectivity index (χ1) is 9.34. The zero-order valence-corrected chi connectivity index (χ0v) is 10.6. The molecule has 0 atom stereocenters. The van der Waals surface area contributed by atoms with E-state index in [0.717, 1.165) is 27.5 Å². The molecule has 4 aromatic rings. The highest BCUT2D eigenvalue weighted by Crippen LogP contribution is 2.29. The Bertz CT molecular complexity index is 878. The quantitative estimate of drug-likeness (QED) is 0.538. The Morgan fingerprint density at radius 3 is 2.89 bits per heavy atom. The molecule has 3 heterocycles. The molecule has 92 valence electrons. The number of nitrogen functional groups attached to an aromatic ring is 1. The van der Waals surface area contributed by atoms with Crippen molar-refractivity contribution >= 4 is 33.2 Å². The molecule has 4 rings (SSSR count). The fraction of sp³-hybridized carbons (Fsp3) is 0. The molecule has 0 unspecified atom stereocenters. The minimum Gasteiger partial charge on any atom is -0.397 e. The van der Waals surface area contributed by atoms with Gasteiger partial charge in [0.15, 0.2) is 5.82 Å². The van der Waals surface area contributed by atoms with Gasteiger partial charge in [0.25, 0.3) is 0 Å². The molecule has 2 N–H and O–H groups in total. The highest BCUT2D eigenvalue weighted by molar-refractivity contribution is 7.11. The zero-order valence-electron chi connectivity index (χ0n) is 9.82. The molecule has 0 amide bonds. The first kappa shape index (κ1) is 10.5. The fourth-order valence-electron chi connectivity index (χ4n) is 2.17. The third-order valence-corrected chi connectivity index (χ3v) is 3.70. The molecular weight excluding hydrogens is 258 g/mol. The van der Waals surface area contributed by atoms with E-state index in [0.29, 0.717) is 5.69 Å². The molecule has 0 fully saturated rings. The molecule has 0 saturated carbocycles. The normalized spacial score (nSPS) is 11.4. The monoisotopic (exact) mass is 267 g/mol. The number of fused-ring (bicyclic) bond motifs is 3. The van der Waals surface area contributed by atoms with Crippen molar-refractivity contribution in [1.29, 1.82) is 0 Å². The molecule has 0 radical (unpaired) electrons. The molecule has 19 heavy (non-hydrogen) atoms. The maximum atomic E-state index is 6.07. The molecule has 3 aromatic heterocycles. The Hall–Kier alpha value is -2.47. The summed E-state index contributed by atoms with van der Waals surface area (Å²) in [5.74, 6) is 0.779. The fourth-order valence-corrected chi connectivity index (χ4v) is 2.91. The van der Waals surface area contributed by atoms with Gasteiger partial charge in [0.05, 0.1) is 16.7 Å². The van der Waals surface area contributed by atoms with Crippen LogP contribution in [0.15, 0.2) is 42.6 Å². The minimum absolute atomic E-state index is 0.697. The van der Waals surface area contributed by atoms with Gasteiger partial charge in [0.1, 0.15) is 5.69 Å². The molecule has 0 saturated heterocycles. The van der Waals surface area contributed by atoms with Gasteiger partial charge >= 0.3 is 0 Å². The number of benzene rings is 1. The lowest BCUT2D eigenvalue weighted by atomic mass is 10.2. The Morgan fingerprint density at radius 1 is 1.11 bits per heavy atom. The van der Waals surface area contributed by atoms with Crippen molar-refractivity contribution in [2.75, 3.05) is 5.73 Å². The number of hydrogen-bond donors (Lipinski definition) is 1. The Labute approximate surface area is 112 Å². The summed E-state index contributed by atoms with van der Waals surface area (Å²) in [6, 6.07) is 11.5. The molecule has 6 heteroatoms. The van der Waals surface area contributed by atoms with Crippen molar-refractivity contribution in [2.24, 2.45) is 0 Å². The largest absolute Gasteiger partial charge is 0.397 e. The van der Waals surface area contributed by atoms with Gasteiger partial charge in [-0.25, -0.2) is 4.98 Å². The maximum absolute atomic E-state index is 6.07. The topological polar surface area (TPSA) is 69.1 Å². The van der Waals surface area contributed by atoms with Gasteiger partial charge in [-0.3, -0.25) is 9.38 Å². The molecule has 1 aromatic carbocycles. The van der Waals surface area contributed by atoms with Crippen LogP contribution in [-0.2, 0) is 0 Å². The van der Waals surface area contributed by atoms with Gasteiger partial charge in [-0.1, -0.05) is 12.1 Å². The molecule has 0 aliphatic heterocycles. The van der Waals surface area contributed by atoms with E-state index in [1.165, 1.54) is 11.5 Å². The van der Waals surface area contributed by atoms with Crippen LogP contribution in [-0.4, -0.2) is 18.7 Å². The minimum atomic E-state index is 0.697. The number of rotatable bonds is 1. The molecule has 0 aliphatic rings. The van der Waals surface area contributed by atoms with E-state index >= 15 is 0 Å². The van der Waals surface area contributed by atoms with Gasteiger partial charge in [-0.05, 0) is 24.3 Å². The highest BCUT2D eigenvalue weighted by Gasteiger charge is 2.15. The Kier molecular flexibility index (Phi) is 2.07. The summed E-state index contributed by atoms with van der Waals surface area (Å²) in [6.45, 7) is 0. The van der Waals surface area contributed by atoms with Crippen LogP contribution >= 0.6 is 11.5 Å². The summed E-state index contributed by atoms with van der Waals surface area (Å²) < 4.78 is 6.41. The second kappa shape index (κ2) is 3.76. The van der Waals surface area contributed by atoms with Crippen molar-refractivity contribution in [1.82, 2.24) is 18.7 Å². The van der Waals surface area contributed by atoms with E-state index in [1.807, 2.05) is 40.8 Å². The summed E-state index contributed by atoms with van der Waals surface area (Å²) in [4.78, 5) is 9.70. The number of pyridine rings is 1. The number of nitrogens with zero attached hydrogens (tertiary/aromatic N) is 4. The number of aromatic nitrogens is 4. The Balaban J connectivity index is 2.16. The van der Waals surface area contributed by atoms with Crippen LogP contribution in [0.5, 0.6) is 0 Å². The number of hydrogen-bond acceptors (Lipinski definition) is 5. The molecular formula is C13H9N5S. The number of imidazole rings is 1. The molecule has 0 spiro atoms. The van der Waals surface area contributed by atoms with E-state index in [2.05, 4.69) is 14.3 Å². The molecule has 0 aliphatic carbocycles. The van der Waals surface area contributed by atoms with Gasteiger partial charge < -0.3 is 5.73 Å². The van der Waals surface area contributed by atoms with Gasteiger partial charge in [-0.15, -0.1) is 0 Å². The standard InChI is InChI=1S/C13H9N5S/c14-8-4-3-6-9-11(8)18-12(17-19-13(18)16-9)10-5-1-2-7-15-10/h1-7H,14H2. The second-order valence-corrected chi connectivity index (χ2v) is 4.90. The Morgan fingerprint density at radius 2 is 2.05 bits per heavy atom. The van der Waals surface area contributed by atoms with E-state index in [1.54, 1.807) is 6.20 Å².